The highest BCUT2D eigenvalue weighted by Gasteiger charge is 2.53. The van der Waals surface area contributed by atoms with Crippen LogP contribution in [-0.2, 0) is 18.4 Å². The van der Waals surface area contributed by atoms with Gasteiger partial charge in [0.1, 0.15) is 40.5 Å². The first-order valence-corrected chi connectivity index (χ1v) is 16.9. The van der Waals surface area contributed by atoms with Crippen molar-refractivity contribution in [1.82, 2.24) is 19.9 Å². The molecule has 0 saturated carbocycles. The highest BCUT2D eigenvalue weighted by molar-refractivity contribution is 7.99. The molecule has 2 atom stereocenters. The fraction of sp³-hybridized carbons (Fsp3) is 0.516. The summed E-state index contributed by atoms with van der Waals surface area (Å²) in [5.41, 5.74) is 8.88. The van der Waals surface area contributed by atoms with Crippen molar-refractivity contribution in [2.45, 2.75) is 60.8 Å². The van der Waals surface area contributed by atoms with Crippen molar-refractivity contribution >= 4 is 39.7 Å². The SMILES string of the molecule is N#Cc1c(N2CCSc3ncccc3C2)nc(OC[C@@]23CCCN2C[C@H](F)C3)nc1N1CC2(CCc3sc(N)c(C#N)c32)C1. The van der Waals surface area contributed by atoms with E-state index in [4.69, 9.17) is 20.4 Å². The molecule has 0 unspecified atom stereocenters. The molecule has 7 heterocycles. The zero-order valence-electron chi connectivity index (χ0n) is 24.3. The Balaban J connectivity index is 1.15. The molecule has 0 amide bonds. The third-order valence-corrected chi connectivity index (χ3v) is 12.2. The van der Waals surface area contributed by atoms with Crippen LogP contribution in [0.1, 0.15) is 52.8 Å². The Morgan fingerprint density at radius 1 is 1.11 bits per heavy atom. The smallest absolute Gasteiger partial charge is 0.320 e. The van der Waals surface area contributed by atoms with E-state index in [0.29, 0.717) is 73.5 Å². The Labute approximate surface area is 263 Å². The van der Waals surface area contributed by atoms with Crippen molar-refractivity contribution in [2.75, 3.05) is 60.6 Å². The topological polar surface area (TPSA) is 131 Å². The second kappa shape index (κ2) is 10.5. The molecule has 8 rings (SSSR count). The van der Waals surface area contributed by atoms with Gasteiger partial charge in [-0.1, -0.05) is 6.07 Å². The van der Waals surface area contributed by atoms with Crippen LogP contribution in [0.15, 0.2) is 23.4 Å². The molecule has 1 aliphatic carbocycles. The van der Waals surface area contributed by atoms with Gasteiger partial charge in [-0.2, -0.15) is 20.5 Å². The van der Waals surface area contributed by atoms with Crippen LogP contribution < -0.4 is 20.3 Å². The highest BCUT2D eigenvalue weighted by atomic mass is 32.2. The molecule has 0 bridgehead atoms. The summed E-state index contributed by atoms with van der Waals surface area (Å²) >= 11 is 3.23. The molecule has 13 heteroatoms. The minimum atomic E-state index is -0.854. The van der Waals surface area contributed by atoms with Gasteiger partial charge in [-0.3, -0.25) is 4.90 Å². The average Bonchev–Trinajstić information content (AvgIpc) is 3.68. The number of rotatable bonds is 5. The van der Waals surface area contributed by atoms with E-state index in [-0.39, 0.29) is 17.0 Å². The lowest BCUT2D eigenvalue weighted by Crippen LogP contribution is -2.59. The summed E-state index contributed by atoms with van der Waals surface area (Å²) in [6, 6.07) is 8.99. The van der Waals surface area contributed by atoms with Crippen molar-refractivity contribution in [3.63, 3.8) is 0 Å². The lowest BCUT2D eigenvalue weighted by molar-refractivity contribution is 0.107. The molecule has 3 saturated heterocycles. The molecule has 44 heavy (non-hydrogen) atoms. The lowest BCUT2D eigenvalue weighted by atomic mass is 9.74. The van der Waals surface area contributed by atoms with E-state index in [0.717, 1.165) is 54.1 Å². The van der Waals surface area contributed by atoms with E-state index >= 15 is 0 Å². The van der Waals surface area contributed by atoms with Crippen LogP contribution in [0.3, 0.4) is 0 Å². The summed E-state index contributed by atoms with van der Waals surface area (Å²) in [4.78, 5) is 22.0. The predicted octanol–water partition coefficient (Wildman–Crippen LogP) is 4.03. The quantitative estimate of drug-likeness (QED) is 0.439. The number of anilines is 3. The van der Waals surface area contributed by atoms with Crippen LogP contribution in [-0.4, -0.2) is 76.6 Å². The monoisotopic (exact) mass is 629 g/mol. The minimum absolute atomic E-state index is 0.180. The summed E-state index contributed by atoms with van der Waals surface area (Å²) in [5, 5.41) is 22.0. The van der Waals surface area contributed by atoms with Gasteiger partial charge in [-0.05, 0) is 43.9 Å². The molecule has 3 aromatic rings. The number of thiophene rings is 1. The van der Waals surface area contributed by atoms with Gasteiger partial charge in [-0.15, -0.1) is 23.1 Å². The van der Waals surface area contributed by atoms with Crippen LogP contribution in [0.4, 0.5) is 21.0 Å². The second-order valence-electron chi connectivity index (χ2n) is 12.6. The minimum Gasteiger partial charge on any atom is -0.461 e. The number of hydrogen-bond acceptors (Lipinski definition) is 12. The Morgan fingerprint density at radius 2 is 1.93 bits per heavy atom. The molecule has 2 N–H and O–H groups in total. The first-order chi connectivity index (χ1) is 21.4. The van der Waals surface area contributed by atoms with Crippen molar-refractivity contribution in [3.8, 4) is 18.1 Å². The predicted molar refractivity (Wildman–Crippen MR) is 167 cm³/mol. The van der Waals surface area contributed by atoms with Crippen LogP contribution >= 0.6 is 23.1 Å². The maximum Gasteiger partial charge on any atom is 0.320 e. The number of ether oxygens (including phenoxy) is 1. The Hall–Kier alpha value is -3.65. The molecule has 226 valence electrons. The average molecular weight is 630 g/mol. The number of aromatic nitrogens is 3. The van der Waals surface area contributed by atoms with Gasteiger partial charge in [-0.25, -0.2) is 9.37 Å². The van der Waals surface area contributed by atoms with Crippen LogP contribution in [0.25, 0.3) is 0 Å². The third kappa shape index (κ3) is 4.31. The number of fused-ring (bicyclic) bond motifs is 4. The van der Waals surface area contributed by atoms with Crippen molar-refractivity contribution in [2.24, 2.45) is 0 Å². The molecule has 5 aliphatic rings. The van der Waals surface area contributed by atoms with Gasteiger partial charge >= 0.3 is 6.01 Å². The molecule has 4 aliphatic heterocycles. The zero-order valence-corrected chi connectivity index (χ0v) is 25.9. The third-order valence-electron chi connectivity index (χ3n) is 10.1. The second-order valence-corrected chi connectivity index (χ2v) is 14.8. The highest BCUT2D eigenvalue weighted by Crippen LogP contribution is 2.53. The maximum absolute atomic E-state index is 14.5. The van der Waals surface area contributed by atoms with Gasteiger partial charge < -0.3 is 20.3 Å². The number of thioether (sulfide) groups is 1. The summed E-state index contributed by atoms with van der Waals surface area (Å²) in [6.45, 7) is 4.16. The van der Waals surface area contributed by atoms with E-state index in [1.807, 2.05) is 6.07 Å². The summed E-state index contributed by atoms with van der Waals surface area (Å²) < 4.78 is 20.9. The number of nitriles is 2. The van der Waals surface area contributed by atoms with Gasteiger partial charge in [0.05, 0.1) is 11.1 Å². The summed E-state index contributed by atoms with van der Waals surface area (Å²) in [7, 11) is 0. The van der Waals surface area contributed by atoms with Crippen molar-refractivity contribution in [1.29, 1.82) is 10.5 Å². The van der Waals surface area contributed by atoms with Gasteiger partial charge in [0.2, 0.25) is 0 Å². The van der Waals surface area contributed by atoms with E-state index in [1.54, 1.807) is 18.0 Å². The number of pyridine rings is 1. The van der Waals surface area contributed by atoms with Crippen LogP contribution in [0.5, 0.6) is 6.01 Å². The molecular weight excluding hydrogens is 598 g/mol. The van der Waals surface area contributed by atoms with Crippen molar-refractivity contribution < 1.29 is 9.13 Å². The van der Waals surface area contributed by atoms with Crippen LogP contribution in [0, 0.1) is 22.7 Å². The number of nitrogens with two attached hydrogens (primary N) is 1. The number of hydrogen-bond donors (Lipinski definition) is 1. The van der Waals surface area contributed by atoms with Gasteiger partial charge in [0.15, 0.2) is 11.6 Å². The lowest BCUT2D eigenvalue weighted by Gasteiger charge is -2.49. The first-order valence-electron chi connectivity index (χ1n) is 15.1. The Bertz CT molecular complexity index is 1730. The van der Waals surface area contributed by atoms with Gasteiger partial charge in [0.25, 0.3) is 0 Å². The van der Waals surface area contributed by atoms with E-state index < -0.39 is 6.17 Å². The number of alkyl halides is 1. The molecule has 0 radical (unpaired) electrons. The maximum atomic E-state index is 14.5. The number of halogens is 1. The van der Waals surface area contributed by atoms with Crippen LogP contribution in [0.2, 0.25) is 0 Å². The zero-order chi connectivity index (χ0) is 30.1. The largest absolute Gasteiger partial charge is 0.461 e. The Kier molecular flexibility index (Phi) is 6.63. The van der Waals surface area contributed by atoms with E-state index in [2.05, 4.69) is 37.9 Å². The molecule has 10 nitrogen and oxygen atoms in total. The molecule has 3 aromatic heterocycles. The fourth-order valence-corrected chi connectivity index (χ4v) is 10.2. The van der Waals surface area contributed by atoms with Gasteiger partial charge in [0, 0.05) is 66.9 Å². The Morgan fingerprint density at radius 3 is 2.75 bits per heavy atom. The standard InChI is InChI=1S/C31H32FN9OS2/c32-20-11-31(5-2-8-41(31)15-20)18-42-29-37-26(39-9-10-43-28-19(14-39)3-1-7-36-28)22(13-34)27(38-29)40-16-30(17-40)6-4-23-24(30)21(12-33)25(35)44-23/h1,3,7,20H,2,4-6,8-11,14-18,35H2/t20-,31+/m1/s1. The van der Waals surface area contributed by atoms with E-state index in [9.17, 15) is 14.9 Å². The molecular formula is C31H32FN9OS2. The first kappa shape index (κ1) is 27.9. The number of nitrogens with zero attached hydrogens (tertiary/aromatic N) is 8. The van der Waals surface area contributed by atoms with E-state index in [1.165, 1.54) is 16.2 Å². The molecule has 3 fully saturated rings. The molecule has 1 spiro atoms. The normalized spacial score (nSPS) is 25.1. The van der Waals surface area contributed by atoms with Crippen molar-refractivity contribution in [3.05, 3.63) is 45.5 Å². The fourth-order valence-electron chi connectivity index (χ4n) is 8.05. The summed E-state index contributed by atoms with van der Waals surface area (Å²) in [5.74, 6) is 1.89. The molecule has 0 aromatic carbocycles. The number of aryl methyl sites for hydroxylation is 1. The number of nitrogen functional groups attached to an aromatic ring is 1. The summed E-state index contributed by atoms with van der Waals surface area (Å²) in [6.07, 6.45) is 5.17.